The van der Waals surface area contributed by atoms with Gasteiger partial charge in [-0.25, -0.2) is 0 Å². The number of nitrogens with zero attached hydrogens (tertiary/aromatic N) is 1. The van der Waals surface area contributed by atoms with E-state index in [0.29, 0.717) is 0 Å². The Morgan fingerprint density at radius 3 is 2.89 bits per heavy atom. The van der Waals surface area contributed by atoms with Crippen molar-refractivity contribution in [2.24, 2.45) is 0 Å². The zero-order chi connectivity index (χ0) is 12.2. The van der Waals surface area contributed by atoms with E-state index in [1.165, 1.54) is 48.1 Å². The molecular weight excluding hydrogens is 240 g/mol. The maximum absolute atomic E-state index is 3.57. The lowest BCUT2D eigenvalue weighted by Gasteiger charge is -2.14. The molecule has 2 nitrogen and oxygen atoms in total. The summed E-state index contributed by atoms with van der Waals surface area (Å²) >= 11 is 1.85. The van der Waals surface area contributed by atoms with Crippen LogP contribution < -0.4 is 5.32 Å². The Hall–Kier alpha value is -0.900. The van der Waals surface area contributed by atoms with E-state index in [1.54, 1.807) is 0 Å². The topological polar surface area (TPSA) is 15.3 Å². The van der Waals surface area contributed by atoms with Crippen LogP contribution in [0.25, 0.3) is 10.1 Å². The molecule has 2 heterocycles. The van der Waals surface area contributed by atoms with Crippen molar-refractivity contribution in [3.8, 4) is 0 Å². The fraction of sp³-hybridized carbons (Fsp3) is 0.467. The first-order valence-electron chi connectivity index (χ1n) is 6.82. The highest BCUT2D eigenvalue weighted by atomic mass is 32.1. The number of benzene rings is 1. The number of hydrogen-bond acceptors (Lipinski definition) is 3. The first kappa shape index (κ1) is 12.2. The van der Waals surface area contributed by atoms with E-state index in [9.17, 15) is 0 Å². The van der Waals surface area contributed by atoms with Crippen LogP contribution in [-0.2, 0) is 6.54 Å². The summed E-state index contributed by atoms with van der Waals surface area (Å²) in [6, 6.07) is 8.67. The van der Waals surface area contributed by atoms with Crippen LogP contribution in [0.3, 0.4) is 0 Å². The highest BCUT2D eigenvalue weighted by molar-refractivity contribution is 7.17. The molecule has 0 bridgehead atoms. The Bertz CT molecular complexity index is 500. The molecule has 0 atom stereocenters. The van der Waals surface area contributed by atoms with Crippen LogP contribution in [0.2, 0.25) is 0 Å². The molecule has 96 valence electrons. The molecule has 0 unspecified atom stereocenters. The minimum atomic E-state index is 0.998. The van der Waals surface area contributed by atoms with Crippen LogP contribution in [0.5, 0.6) is 0 Å². The van der Waals surface area contributed by atoms with Crippen LogP contribution in [0.4, 0.5) is 0 Å². The molecule has 3 heteroatoms. The third-order valence-corrected chi connectivity index (χ3v) is 4.69. The smallest absolute Gasteiger partial charge is 0.0346 e. The summed E-state index contributed by atoms with van der Waals surface area (Å²) in [7, 11) is 0. The van der Waals surface area contributed by atoms with Crippen molar-refractivity contribution in [2.45, 2.75) is 19.4 Å². The molecule has 1 saturated heterocycles. The van der Waals surface area contributed by atoms with E-state index in [1.807, 2.05) is 11.3 Å². The monoisotopic (exact) mass is 260 g/mol. The molecule has 2 aromatic rings. The van der Waals surface area contributed by atoms with E-state index in [-0.39, 0.29) is 0 Å². The SMILES string of the molecule is c1ccc2c(CNCCN3CCCC3)csc2c1. The summed E-state index contributed by atoms with van der Waals surface area (Å²) in [5, 5.41) is 7.27. The zero-order valence-electron chi connectivity index (χ0n) is 10.7. The molecule has 3 rings (SSSR count). The Balaban J connectivity index is 1.50. The first-order chi connectivity index (χ1) is 8.93. The van der Waals surface area contributed by atoms with Crippen LogP contribution in [0.1, 0.15) is 18.4 Å². The van der Waals surface area contributed by atoms with E-state index in [0.717, 1.165) is 13.1 Å². The van der Waals surface area contributed by atoms with Crippen LogP contribution in [-0.4, -0.2) is 31.1 Å². The second-order valence-electron chi connectivity index (χ2n) is 4.98. The quantitative estimate of drug-likeness (QED) is 0.831. The summed E-state index contributed by atoms with van der Waals surface area (Å²) in [5.74, 6) is 0. The molecular formula is C15H20N2S. The second kappa shape index (κ2) is 5.83. The number of thiophene rings is 1. The normalized spacial score (nSPS) is 16.7. The molecule has 1 fully saturated rings. The van der Waals surface area contributed by atoms with Gasteiger partial charge < -0.3 is 10.2 Å². The van der Waals surface area contributed by atoms with Gasteiger partial charge in [0, 0.05) is 24.3 Å². The van der Waals surface area contributed by atoms with Gasteiger partial charge in [0.25, 0.3) is 0 Å². The minimum absolute atomic E-state index is 0.998. The molecule has 0 amide bonds. The maximum atomic E-state index is 3.57. The molecule has 1 aliphatic rings. The lowest BCUT2D eigenvalue weighted by Crippen LogP contribution is -2.29. The predicted molar refractivity (Wildman–Crippen MR) is 79.2 cm³/mol. The highest BCUT2D eigenvalue weighted by Crippen LogP contribution is 2.25. The maximum Gasteiger partial charge on any atom is 0.0346 e. The molecule has 1 aromatic heterocycles. The fourth-order valence-electron chi connectivity index (χ4n) is 2.64. The van der Waals surface area contributed by atoms with E-state index in [4.69, 9.17) is 0 Å². The second-order valence-corrected chi connectivity index (χ2v) is 5.89. The van der Waals surface area contributed by atoms with Crippen LogP contribution in [0, 0.1) is 0 Å². The van der Waals surface area contributed by atoms with Gasteiger partial charge in [0.2, 0.25) is 0 Å². The Labute approximate surface area is 113 Å². The number of nitrogens with one attached hydrogen (secondary N) is 1. The summed E-state index contributed by atoms with van der Waals surface area (Å²) in [5.41, 5.74) is 1.44. The molecule has 0 aliphatic carbocycles. The summed E-state index contributed by atoms with van der Waals surface area (Å²) in [6.07, 6.45) is 2.77. The Morgan fingerprint density at radius 2 is 2.00 bits per heavy atom. The Morgan fingerprint density at radius 1 is 1.17 bits per heavy atom. The van der Waals surface area contributed by atoms with Crippen molar-refractivity contribution >= 4 is 21.4 Å². The van der Waals surface area contributed by atoms with Crippen LogP contribution in [0.15, 0.2) is 29.6 Å². The number of rotatable bonds is 5. The van der Waals surface area contributed by atoms with E-state index in [2.05, 4.69) is 39.9 Å². The molecule has 1 N–H and O–H groups in total. The van der Waals surface area contributed by atoms with Gasteiger partial charge in [-0.05, 0) is 48.3 Å². The summed E-state index contributed by atoms with van der Waals surface area (Å²) in [4.78, 5) is 2.55. The van der Waals surface area contributed by atoms with Gasteiger partial charge in [-0.1, -0.05) is 18.2 Å². The highest BCUT2D eigenvalue weighted by Gasteiger charge is 2.10. The first-order valence-corrected chi connectivity index (χ1v) is 7.69. The van der Waals surface area contributed by atoms with Gasteiger partial charge in [0.1, 0.15) is 0 Å². The lowest BCUT2D eigenvalue weighted by atomic mass is 10.2. The van der Waals surface area contributed by atoms with Gasteiger partial charge in [0.05, 0.1) is 0 Å². The minimum Gasteiger partial charge on any atom is -0.311 e. The van der Waals surface area contributed by atoms with Crippen molar-refractivity contribution in [1.82, 2.24) is 10.2 Å². The van der Waals surface area contributed by atoms with Crippen molar-refractivity contribution in [2.75, 3.05) is 26.2 Å². The van der Waals surface area contributed by atoms with Crippen molar-refractivity contribution in [3.05, 3.63) is 35.2 Å². The number of hydrogen-bond donors (Lipinski definition) is 1. The summed E-state index contributed by atoms with van der Waals surface area (Å²) < 4.78 is 1.40. The fourth-order valence-corrected chi connectivity index (χ4v) is 3.60. The van der Waals surface area contributed by atoms with E-state index < -0.39 is 0 Å². The van der Waals surface area contributed by atoms with Gasteiger partial charge in [-0.15, -0.1) is 11.3 Å². The van der Waals surface area contributed by atoms with Gasteiger partial charge in [0.15, 0.2) is 0 Å². The predicted octanol–water partition coefficient (Wildman–Crippen LogP) is 3.09. The van der Waals surface area contributed by atoms with Gasteiger partial charge in [-0.3, -0.25) is 0 Å². The molecule has 18 heavy (non-hydrogen) atoms. The van der Waals surface area contributed by atoms with Crippen molar-refractivity contribution < 1.29 is 0 Å². The van der Waals surface area contributed by atoms with Gasteiger partial charge >= 0.3 is 0 Å². The molecule has 0 spiro atoms. The standard InChI is InChI=1S/C15H20N2S/c1-2-6-15-14(5-1)13(12-18-15)11-16-7-10-17-8-3-4-9-17/h1-2,5-6,12,16H,3-4,7-11H2. The lowest BCUT2D eigenvalue weighted by molar-refractivity contribution is 0.336. The van der Waals surface area contributed by atoms with Crippen molar-refractivity contribution in [1.29, 1.82) is 0 Å². The third kappa shape index (κ3) is 2.74. The van der Waals surface area contributed by atoms with Crippen molar-refractivity contribution in [3.63, 3.8) is 0 Å². The van der Waals surface area contributed by atoms with Gasteiger partial charge in [-0.2, -0.15) is 0 Å². The average Bonchev–Trinajstić information content (AvgIpc) is 3.04. The number of fused-ring (bicyclic) bond motifs is 1. The molecule has 1 aliphatic heterocycles. The third-order valence-electron chi connectivity index (χ3n) is 3.68. The Kier molecular flexibility index (Phi) is 3.93. The zero-order valence-corrected chi connectivity index (χ0v) is 11.5. The summed E-state index contributed by atoms with van der Waals surface area (Å²) in [6.45, 7) is 5.89. The average molecular weight is 260 g/mol. The molecule has 0 radical (unpaired) electrons. The van der Waals surface area contributed by atoms with Crippen LogP contribution >= 0.6 is 11.3 Å². The largest absolute Gasteiger partial charge is 0.311 e. The van der Waals surface area contributed by atoms with E-state index >= 15 is 0 Å². The number of likely N-dealkylation sites (tertiary alicyclic amines) is 1. The molecule has 1 aromatic carbocycles. The molecule has 0 saturated carbocycles.